The minimum absolute atomic E-state index is 0.219. The van der Waals surface area contributed by atoms with E-state index in [1.807, 2.05) is 12.1 Å². The maximum absolute atomic E-state index is 9.35. The van der Waals surface area contributed by atoms with Gasteiger partial charge in [0.1, 0.15) is 0 Å². The molecule has 0 aliphatic carbocycles. The van der Waals surface area contributed by atoms with Gasteiger partial charge in [-0.15, -0.1) is 11.6 Å². The van der Waals surface area contributed by atoms with Crippen LogP contribution in [0.25, 0.3) is 10.9 Å². The highest BCUT2D eigenvalue weighted by molar-refractivity contribution is 9.10. The molecule has 6 heteroatoms. The number of anilines is 1. The van der Waals surface area contributed by atoms with Gasteiger partial charge in [0.05, 0.1) is 29.4 Å². The van der Waals surface area contributed by atoms with Gasteiger partial charge in [-0.1, -0.05) is 0 Å². The van der Waals surface area contributed by atoms with Crippen LogP contribution in [0.1, 0.15) is 0 Å². The highest BCUT2D eigenvalue weighted by Gasteiger charge is 2.06. The van der Waals surface area contributed by atoms with Gasteiger partial charge in [0, 0.05) is 16.4 Å². The number of aromatic nitrogens is 2. The van der Waals surface area contributed by atoms with E-state index in [1.54, 1.807) is 6.20 Å². The topological polar surface area (TPSA) is 60.9 Å². The van der Waals surface area contributed by atoms with Crippen molar-refractivity contribution in [1.82, 2.24) is 10.2 Å². The summed E-state index contributed by atoms with van der Waals surface area (Å²) in [4.78, 5) is 0. The summed E-state index contributed by atoms with van der Waals surface area (Å²) in [5, 5.41) is 20.3. The summed E-state index contributed by atoms with van der Waals surface area (Å²) in [6.45, 7) is 0.418. The first-order valence-corrected chi connectivity index (χ1v) is 6.14. The third-order valence-corrected chi connectivity index (χ3v) is 3.25. The summed E-state index contributed by atoms with van der Waals surface area (Å²) in [6.07, 6.45) is 1.21. The normalized spacial score (nSPS) is 12.9. The largest absolute Gasteiger partial charge is 0.390 e. The van der Waals surface area contributed by atoms with Gasteiger partial charge in [-0.2, -0.15) is 5.10 Å². The predicted molar refractivity (Wildman–Crippen MR) is 69.0 cm³/mol. The first kappa shape index (κ1) is 11.7. The van der Waals surface area contributed by atoms with Crippen LogP contribution in [-0.4, -0.2) is 33.8 Å². The quantitative estimate of drug-likeness (QED) is 0.760. The number of aliphatic hydroxyl groups is 1. The van der Waals surface area contributed by atoms with Gasteiger partial charge in [-0.3, -0.25) is 5.10 Å². The van der Waals surface area contributed by atoms with E-state index >= 15 is 0 Å². The van der Waals surface area contributed by atoms with Crippen LogP contribution in [0.4, 0.5) is 5.69 Å². The number of hydrogen-bond donors (Lipinski definition) is 3. The van der Waals surface area contributed by atoms with E-state index < -0.39 is 6.10 Å². The SMILES string of the molecule is OC(CCl)CNc1cc2[nH]ncc2cc1Br. The van der Waals surface area contributed by atoms with E-state index in [1.165, 1.54) is 0 Å². The lowest BCUT2D eigenvalue weighted by molar-refractivity contribution is 0.211. The average molecular weight is 305 g/mol. The minimum Gasteiger partial charge on any atom is -0.390 e. The summed E-state index contributed by atoms with van der Waals surface area (Å²) in [5.41, 5.74) is 1.85. The maximum Gasteiger partial charge on any atom is 0.0847 e. The molecule has 0 fully saturated rings. The van der Waals surface area contributed by atoms with Crippen molar-refractivity contribution in [2.75, 3.05) is 17.7 Å². The van der Waals surface area contributed by atoms with Crippen LogP contribution in [0, 0.1) is 0 Å². The summed E-state index contributed by atoms with van der Waals surface area (Å²) in [6, 6.07) is 3.90. The number of hydrogen-bond acceptors (Lipinski definition) is 3. The molecule has 0 aliphatic heterocycles. The molecule has 2 aromatic rings. The molecule has 1 unspecified atom stereocenters. The van der Waals surface area contributed by atoms with Gasteiger partial charge in [0.25, 0.3) is 0 Å². The molecule has 0 spiro atoms. The van der Waals surface area contributed by atoms with Crippen molar-refractivity contribution in [1.29, 1.82) is 0 Å². The molecule has 2 rings (SSSR count). The third-order valence-electron chi connectivity index (χ3n) is 2.23. The van der Waals surface area contributed by atoms with Crippen molar-refractivity contribution in [2.45, 2.75) is 6.10 Å². The number of H-pyrrole nitrogens is 1. The first-order chi connectivity index (χ1) is 7.70. The second-order valence-electron chi connectivity index (χ2n) is 3.48. The van der Waals surface area contributed by atoms with Gasteiger partial charge in [-0.05, 0) is 28.1 Å². The fourth-order valence-electron chi connectivity index (χ4n) is 1.38. The van der Waals surface area contributed by atoms with Gasteiger partial charge in [0.15, 0.2) is 0 Å². The van der Waals surface area contributed by atoms with Crippen LogP contribution >= 0.6 is 27.5 Å². The summed E-state index contributed by atoms with van der Waals surface area (Å²) in [7, 11) is 0. The summed E-state index contributed by atoms with van der Waals surface area (Å²) >= 11 is 8.97. The monoisotopic (exact) mass is 303 g/mol. The smallest absolute Gasteiger partial charge is 0.0847 e. The number of halogens is 2. The molecule has 0 bridgehead atoms. The predicted octanol–water partition coefficient (Wildman–Crippen LogP) is 2.34. The Labute approximate surface area is 106 Å². The molecule has 3 N–H and O–H groups in total. The van der Waals surface area contributed by atoms with Crippen molar-refractivity contribution in [3.8, 4) is 0 Å². The van der Waals surface area contributed by atoms with E-state index in [-0.39, 0.29) is 5.88 Å². The second kappa shape index (κ2) is 5.03. The van der Waals surface area contributed by atoms with E-state index in [2.05, 4.69) is 31.4 Å². The van der Waals surface area contributed by atoms with E-state index in [0.29, 0.717) is 6.54 Å². The Balaban J connectivity index is 2.19. The number of nitrogens with zero attached hydrogens (tertiary/aromatic N) is 1. The van der Waals surface area contributed by atoms with Crippen molar-refractivity contribution in [3.05, 3.63) is 22.8 Å². The Kier molecular flexibility index (Phi) is 3.68. The van der Waals surface area contributed by atoms with Crippen LogP contribution < -0.4 is 5.32 Å². The summed E-state index contributed by atoms with van der Waals surface area (Å²) in [5.74, 6) is 0.219. The maximum atomic E-state index is 9.35. The van der Waals surface area contributed by atoms with Gasteiger partial charge >= 0.3 is 0 Å². The highest BCUT2D eigenvalue weighted by Crippen LogP contribution is 2.27. The average Bonchev–Trinajstić information content (AvgIpc) is 2.72. The van der Waals surface area contributed by atoms with Crippen molar-refractivity contribution in [3.63, 3.8) is 0 Å². The molecule has 1 aromatic carbocycles. The van der Waals surface area contributed by atoms with Crippen molar-refractivity contribution >= 4 is 44.1 Å². The van der Waals surface area contributed by atoms with E-state index in [0.717, 1.165) is 21.1 Å². The molecule has 0 saturated heterocycles. The molecule has 0 radical (unpaired) electrons. The fourth-order valence-corrected chi connectivity index (χ4v) is 1.99. The van der Waals surface area contributed by atoms with E-state index in [4.69, 9.17) is 11.6 Å². The van der Waals surface area contributed by atoms with Gasteiger partial charge in [-0.25, -0.2) is 0 Å². The number of nitrogens with one attached hydrogen (secondary N) is 2. The number of rotatable bonds is 4. The van der Waals surface area contributed by atoms with E-state index in [9.17, 15) is 5.11 Å². The Hall–Kier alpha value is -0.780. The van der Waals surface area contributed by atoms with Crippen LogP contribution in [-0.2, 0) is 0 Å². The van der Waals surface area contributed by atoms with Crippen LogP contribution in [0.5, 0.6) is 0 Å². The second-order valence-corrected chi connectivity index (χ2v) is 4.64. The molecule has 0 aliphatic rings. The molecule has 1 aromatic heterocycles. The zero-order chi connectivity index (χ0) is 11.5. The van der Waals surface area contributed by atoms with Crippen LogP contribution in [0.2, 0.25) is 0 Å². The molecule has 4 nitrogen and oxygen atoms in total. The summed E-state index contributed by atoms with van der Waals surface area (Å²) < 4.78 is 0.933. The molecule has 1 atom stereocenters. The minimum atomic E-state index is -0.550. The third kappa shape index (κ3) is 2.48. The highest BCUT2D eigenvalue weighted by atomic mass is 79.9. The number of benzene rings is 1. The lowest BCUT2D eigenvalue weighted by atomic mass is 10.2. The molecule has 86 valence electrons. The van der Waals surface area contributed by atoms with Gasteiger partial charge in [0.2, 0.25) is 0 Å². The Morgan fingerprint density at radius 2 is 2.38 bits per heavy atom. The number of fused-ring (bicyclic) bond motifs is 1. The zero-order valence-electron chi connectivity index (χ0n) is 8.37. The van der Waals surface area contributed by atoms with Crippen LogP contribution in [0.15, 0.2) is 22.8 Å². The van der Waals surface area contributed by atoms with Crippen molar-refractivity contribution in [2.24, 2.45) is 0 Å². The zero-order valence-corrected chi connectivity index (χ0v) is 10.7. The van der Waals surface area contributed by atoms with Gasteiger partial charge < -0.3 is 10.4 Å². The molecular weight excluding hydrogens is 293 g/mol. The number of aromatic amines is 1. The van der Waals surface area contributed by atoms with Crippen LogP contribution in [0.3, 0.4) is 0 Å². The number of alkyl halides is 1. The molecule has 0 saturated carbocycles. The Morgan fingerprint density at radius 1 is 1.56 bits per heavy atom. The molecular formula is C10H11BrClN3O. The first-order valence-electron chi connectivity index (χ1n) is 4.81. The molecule has 1 heterocycles. The Bertz CT molecular complexity index is 488. The van der Waals surface area contributed by atoms with Crippen molar-refractivity contribution < 1.29 is 5.11 Å². The molecule has 0 amide bonds. The Morgan fingerprint density at radius 3 is 3.12 bits per heavy atom. The molecule has 16 heavy (non-hydrogen) atoms. The lowest BCUT2D eigenvalue weighted by Gasteiger charge is -2.11. The standard InChI is InChI=1S/C10H11BrClN3O/c11-8-1-6-4-14-15-9(6)2-10(8)13-5-7(16)3-12/h1-2,4,7,13,16H,3,5H2,(H,14,15). The number of aliphatic hydroxyl groups excluding tert-OH is 1. The lowest BCUT2D eigenvalue weighted by Crippen LogP contribution is -2.20. The fraction of sp³-hybridized carbons (Fsp3) is 0.300.